The van der Waals surface area contributed by atoms with E-state index in [1.54, 1.807) is 14.2 Å². The highest BCUT2D eigenvalue weighted by molar-refractivity contribution is 5.80. The normalized spacial score (nSPS) is 21.4. The van der Waals surface area contributed by atoms with E-state index >= 15 is 0 Å². The van der Waals surface area contributed by atoms with Crippen LogP contribution in [0, 0.1) is 0 Å². The molecule has 3 rings (SSSR count). The van der Waals surface area contributed by atoms with E-state index in [9.17, 15) is 0 Å². The summed E-state index contributed by atoms with van der Waals surface area (Å²) in [6.07, 6.45) is 3.84. The summed E-state index contributed by atoms with van der Waals surface area (Å²) in [5.41, 5.74) is 2.75. The van der Waals surface area contributed by atoms with Gasteiger partial charge in [-0.25, -0.2) is 4.98 Å². The van der Waals surface area contributed by atoms with Crippen molar-refractivity contribution in [2.75, 3.05) is 14.2 Å². The van der Waals surface area contributed by atoms with Crippen LogP contribution >= 0.6 is 0 Å². The van der Waals surface area contributed by atoms with E-state index in [1.165, 1.54) is 12.8 Å². The van der Waals surface area contributed by atoms with Crippen molar-refractivity contribution in [3.8, 4) is 5.75 Å². The molecule has 2 aromatic rings. The van der Waals surface area contributed by atoms with Crippen LogP contribution in [0.25, 0.3) is 11.1 Å². The van der Waals surface area contributed by atoms with Gasteiger partial charge < -0.3 is 19.2 Å². The van der Waals surface area contributed by atoms with E-state index in [2.05, 4.69) is 30.2 Å². The molecule has 1 N–H and O–H groups in total. The molecular weight excluding hydrogens is 292 g/mol. The van der Waals surface area contributed by atoms with Gasteiger partial charge in [-0.3, -0.25) is 0 Å². The second-order valence-corrected chi connectivity index (χ2v) is 6.55. The summed E-state index contributed by atoms with van der Waals surface area (Å²) in [5.74, 6) is 1.75. The molecule has 1 fully saturated rings. The van der Waals surface area contributed by atoms with Gasteiger partial charge in [0.05, 0.1) is 13.2 Å². The summed E-state index contributed by atoms with van der Waals surface area (Å²) in [5, 5.41) is 3.61. The maximum atomic E-state index is 5.84. The van der Waals surface area contributed by atoms with E-state index in [0.717, 1.165) is 41.3 Å². The van der Waals surface area contributed by atoms with E-state index in [-0.39, 0.29) is 5.92 Å². The van der Waals surface area contributed by atoms with Gasteiger partial charge in [-0.15, -0.1) is 0 Å². The van der Waals surface area contributed by atoms with Crippen LogP contribution in [0.2, 0.25) is 0 Å². The van der Waals surface area contributed by atoms with Crippen LogP contribution in [0.15, 0.2) is 16.5 Å². The topological polar surface area (TPSA) is 56.5 Å². The van der Waals surface area contributed by atoms with Crippen LogP contribution in [0.5, 0.6) is 5.75 Å². The molecule has 1 saturated carbocycles. The molecule has 5 heteroatoms. The number of methoxy groups -OCH3 is 2. The molecule has 0 saturated heterocycles. The van der Waals surface area contributed by atoms with Gasteiger partial charge in [-0.2, -0.15) is 0 Å². The Hall–Kier alpha value is -1.59. The molecule has 1 aliphatic carbocycles. The first-order valence-electron chi connectivity index (χ1n) is 8.36. The maximum Gasteiger partial charge on any atom is 0.198 e. The Bertz CT molecular complexity index is 666. The zero-order valence-corrected chi connectivity index (χ0v) is 14.4. The van der Waals surface area contributed by atoms with Gasteiger partial charge in [-0.05, 0) is 37.0 Å². The van der Waals surface area contributed by atoms with Gasteiger partial charge in [0, 0.05) is 25.6 Å². The second-order valence-electron chi connectivity index (χ2n) is 6.55. The minimum absolute atomic E-state index is 0.259. The van der Waals surface area contributed by atoms with Crippen LogP contribution in [-0.4, -0.2) is 31.3 Å². The molecule has 23 heavy (non-hydrogen) atoms. The third-order valence-electron chi connectivity index (χ3n) is 4.57. The monoisotopic (exact) mass is 318 g/mol. The minimum atomic E-state index is 0.259. The van der Waals surface area contributed by atoms with Crippen molar-refractivity contribution in [1.29, 1.82) is 0 Å². The lowest BCUT2D eigenvalue weighted by atomic mass is 10.1. The van der Waals surface area contributed by atoms with E-state index < -0.39 is 0 Å². The van der Waals surface area contributed by atoms with E-state index in [0.29, 0.717) is 12.1 Å². The van der Waals surface area contributed by atoms with Crippen molar-refractivity contribution < 1.29 is 13.9 Å². The summed E-state index contributed by atoms with van der Waals surface area (Å²) in [6.45, 7) is 4.93. The molecule has 1 aromatic carbocycles. The standard InChI is InChI=1S/C18H26N2O3/c1-11(2)18-20-14-8-12(9-16(22-4)17(14)23-18)10-19-13-6-5-7-15(13)21-3/h8-9,11,13,15,19H,5-7,10H2,1-4H3. The van der Waals surface area contributed by atoms with Crippen LogP contribution in [0.3, 0.4) is 0 Å². The molecule has 2 unspecified atom stereocenters. The Kier molecular flexibility index (Phi) is 4.87. The first-order chi connectivity index (χ1) is 11.1. The molecule has 1 aliphatic rings. The molecule has 1 aromatic heterocycles. The molecule has 0 radical (unpaired) electrons. The van der Waals surface area contributed by atoms with Gasteiger partial charge in [0.2, 0.25) is 0 Å². The summed E-state index contributed by atoms with van der Waals surface area (Å²) in [4.78, 5) is 4.59. The largest absolute Gasteiger partial charge is 0.493 e. The SMILES string of the molecule is COc1cc(CNC2CCCC2OC)cc2nc(C(C)C)oc12. The molecule has 0 bridgehead atoms. The zero-order valence-electron chi connectivity index (χ0n) is 14.4. The zero-order chi connectivity index (χ0) is 16.4. The molecule has 2 atom stereocenters. The van der Waals surface area contributed by atoms with Crippen molar-refractivity contribution in [3.05, 3.63) is 23.6 Å². The third kappa shape index (κ3) is 3.35. The lowest BCUT2D eigenvalue weighted by molar-refractivity contribution is 0.0847. The average Bonchev–Trinajstić information content (AvgIpc) is 3.17. The highest BCUT2D eigenvalue weighted by Gasteiger charge is 2.26. The minimum Gasteiger partial charge on any atom is -0.493 e. The number of rotatable bonds is 6. The fraction of sp³-hybridized carbons (Fsp3) is 0.611. The number of hydrogen-bond donors (Lipinski definition) is 1. The van der Waals surface area contributed by atoms with Crippen molar-refractivity contribution in [2.24, 2.45) is 0 Å². The molecular formula is C18H26N2O3. The van der Waals surface area contributed by atoms with Gasteiger partial charge in [-0.1, -0.05) is 13.8 Å². The molecule has 126 valence electrons. The fourth-order valence-electron chi connectivity index (χ4n) is 3.27. The summed E-state index contributed by atoms with van der Waals surface area (Å²) in [6, 6.07) is 4.53. The lowest BCUT2D eigenvalue weighted by Gasteiger charge is -2.19. The molecule has 5 nitrogen and oxygen atoms in total. The summed E-state index contributed by atoms with van der Waals surface area (Å²) in [7, 11) is 3.46. The highest BCUT2D eigenvalue weighted by Crippen LogP contribution is 2.31. The number of benzene rings is 1. The molecule has 0 amide bonds. The number of nitrogens with one attached hydrogen (secondary N) is 1. The predicted molar refractivity (Wildman–Crippen MR) is 89.9 cm³/mol. The second kappa shape index (κ2) is 6.89. The number of aromatic nitrogens is 1. The quantitative estimate of drug-likeness (QED) is 0.881. The fourth-order valence-corrected chi connectivity index (χ4v) is 3.27. The van der Waals surface area contributed by atoms with Crippen LogP contribution in [-0.2, 0) is 11.3 Å². The Morgan fingerprint density at radius 1 is 1.30 bits per heavy atom. The predicted octanol–water partition coefficient (Wildman–Crippen LogP) is 3.62. The third-order valence-corrected chi connectivity index (χ3v) is 4.57. The Labute approximate surface area is 137 Å². The van der Waals surface area contributed by atoms with Crippen molar-refractivity contribution >= 4 is 11.1 Å². The number of oxazole rings is 1. The van der Waals surface area contributed by atoms with E-state index in [1.807, 2.05) is 6.07 Å². The number of fused-ring (bicyclic) bond motifs is 1. The molecule has 0 aliphatic heterocycles. The number of hydrogen-bond acceptors (Lipinski definition) is 5. The van der Waals surface area contributed by atoms with Crippen molar-refractivity contribution in [1.82, 2.24) is 10.3 Å². The molecule has 1 heterocycles. The Morgan fingerprint density at radius 3 is 2.83 bits per heavy atom. The molecule has 0 spiro atoms. The van der Waals surface area contributed by atoms with Gasteiger partial charge in [0.1, 0.15) is 5.52 Å². The Balaban J connectivity index is 1.80. The Morgan fingerprint density at radius 2 is 2.13 bits per heavy atom. The number of nitrogens with zero attached hydrogens (tertiary/aromatic N) is 1. The first kappa shape index (κ1) is 16.3. The van der Waals surface area contributed by atoms with Crippen molar-refractivity contribution in [2.45, 2.75) is 57.7 Å². The van der Waals surface area contributed by atoms with E-state index in [4.69, 9.17) is 13.9 Å². The summed E-state index contributed by atoms with van der Waals surface area (Å²) >= 11 is 0. The van der Waals surface area contributed by atoms with Gasteiger partial charge in [0.15, 0.2) is 17.2 Å². The van der Waals surface area contributed by atoms with Crippen LogP contribution in [0.1, 0.15) is 50.5 Å². The maximum absolute atomic E-state index is 5.84. The highest BCUT2D eigenvalue weighted by atomic mass is 16.5. The van der Waals surface area contributed by atoms with Crippen LogP contribution in [0.4, 0.5) is 0 Å². The van der Waals surface area contributed by atoms with Gasteiger partial charge in [0.25, 0.3) is 0 Å². The van der Waals surface area contributed by atoms with Gasteiger partial charge >= 0.3 is 0 Å². The first-order valence-corrected chi connectivity index (χ1v) is 8.36. The average molecular weight is 318 g/mol. The number of ether oxygens (including phenoxy) is 2. The van der Waals surface area contributed by atoms with Crippen molar-refractivity contribution in [3.63, 3.8) is 0 Å². The lowest BCUT2D eigenvalue weighted by Crippen LogP contribution is -2.36. The van der Waals surface area contributed by atoms with Crippen LogP contribution < -0.4 is 10.1 Å². The summed E-state index contributed by atoms with van der Waals surface area (Å²) < 4.78 is 16.9. The smallest absolute Gasteiger partial charge is 0.198 e.